The summed E-state index contributed by atoms with van der Waals surface area (Å²) in [6.07, 6.45) is 7.21. The molecule has 5 rings (SSSR count). The molecule has 0 aromatic rings. The standard InChI is InChI=1S/C29H47NO6/c1-16(6-9-23(32)30-14-4-5-22(30)27(35)36)18-7-8-19-24-20(11-13-28(18,19)2)29(3)12-10-17(31)15-21(29)25(33)26(24)34/h16-22,24-26,31,33-34H,4-15H2,1-3H3,(H,35,36)/t16-,17-,18-,19+,20+,21+,22?,24+,25-,26+,28-,29-/m1/s1. The van der Waals surface area contributed by atoms with Gasteiger partial charge in [-0.15, -0.1) is 0 Å². The average molecular weight is 506 g/mol. The van der Waals surface area contributed by atoms with Crippen LogP contribution in [0.25, 0.3) is 0 Å². The number of amides is 1. The average Bonchev–Trinajstić information content (AvgIpc) is 3.46. The zero-order valence-electron chi connectivity index (χ0n) is 22.3. The van der Waals surface area contributed by atoms with Gasteiger partial charge in [-0.25, -0.2) is 4.79 Å². The molecule has 4 N–H and O–H groups in total. The lowest BCUT2D eigenvalue weighted by atomic mass is 9.43. The molecule has 0 aromatic heterocycles. The Morgan fingerprint density at radius 1 is 0.917 bits per heavy atom. The van der Waals surface area contributed by atoms with Crippen molar-refractivity contribution in [3.05, 3.63) is 0 Å². The van der Waals surface area contributed by atoms with Crippen LogP contribution in [0.4, 0.5) is 0 Å². The highest BCUT2D eigenvalue weighted by Gasteiger charge is 2.65. The van der Waals surface area contributed by atoms with Gasteiger partial charge in [-0.2, -0.15) is 0 Å². The maximum absolute atomic E-state index is 12.9. The molecule has 5 fully saturated rings. The Bertz CT molecular complexity index is 865. The third kappa shape index (κ3) is 4.03. The van der Waals surface area contributed by atoms with E-state index in [-0.39, 0.29) is 34.7 Å². The Morgan fingerprint density at radius 2 is 1.61 bits per heavy atom. The van der Waals surface area contributed by atoms with Crippen molar-refractivity contribution in [3.63, 3.8) is 0 Å². The molecule has 36 heavy (non-hydrogen) atoms. The predicted molar refractivity (Wildman–Crippen MR) is 135 cm³/mol. The Kier molecular flexibility index (Phi) is 7.00. The molecule has 1 aliphatic heterocycles. The fourth-order valence-electron chi connectivity index (χ4n) is 10.2. The summed E-state index contributed by atoms with van der Waals surface area (Å²) in [4.78, 5) is 26.0. The van der Waals surface area contributed by atoms with Crippen molar-refractivity contribution in [3.8, 4) is 0 Å². The molecule has 0 aromatic carbocycles. The smallest absolute Gasteiger partial charge is 0.326 e. The van der Waals surface area contributed by atoms with Crippen molar-refractivity contribution in [1.82, 2.24) is 4.90 Å². The number of hydrogen-bond acceptors (Lipinski definition) is 5. The van der Waals surface area contributed by atoms with Crippen molar-refractivity contribution >= 4 is 11.9 Å². The second-order valence-electron chi connectivity index (χ2n) is 13.6. The quantitative estimate of drug-likeness (QED) is 0.455. The monoisotopic (exact) mass is 505 g/mol. The first-order chi connectivity index (χ1) is 17.0. The predicted octanol–water partition coefficient (Wildman–Crippen LogP) is 3.44. The van der Waals surface area contributed by atoms with Gasteiger partial charge in [0.25, 0.3) is 0 Å². The van der Waals surface area contributed by atoms with E-state index in [4.69, 9.17) is 0 Å². The second-order valence-corrected chi connectivity index (χ2v) is 13.6. The van der Waals surface area contributed by atoms with E-state index in [1.54, 1.807) is 4.90 Å². The van der Waals surface area contributed by atoms with Crippen LogP contribution in [0.2, 0.25) is 0 Å². The number of aliphatic hydroxyl groups excluding tert-OH is 3. The van der Waals surface area contributed by atoms with Crippen LogP contribution in [0.1, 0.15) is 91.4 Å². The van der Waals surface area contributed by atoms with Crippen LogP contribution in [0, 0.1) is 46.3 Å². The molecule has 1 saturated heterocycles. The zero-order valence-corrected chi connectivity index (χ0v) is 22.3. The SMILES string of the molecule is C[C@H](CCC(=O)N1CCCC1C(=O)O)[C@H]1CC[C@H]2[C@@H]3[C@H](O)[C@H](O)[C@@H]4C[C@H](O)CC[C@]4(C)[C@H]3CC[C@]12C. The molecular formula is C29H47NO6. The third-order valence-electron chi connectivity index (χ3n) is 12.2. The summed E-state index contributed by atoms with van der Waals surface area (Å²) in [5.41, 5.74) is 0.0509. The number of aliphatic carboxylic acids is 1. The van der Waals surface area contributed by atoms with Crippen LogP contribution < -0.4 is 0 Å². The van der Waals surface area contributed by atoms with E-state index in [2.05, 4.69) is 20.8 Å². The Labute approximate surface area is 215 Å². The normalized spacial score (nSPS) is 49.2. The number of hydrogen-bond donors (Lipinski definition) is 4. The van der Waals surface area contributed by atoms with Gasteiger partial charge in [-0.05, 0) is 111 Å². The second kappa shape index (κ2) is 9.53. The minimum atomic E-state index is -0.895. The van der Waals surface area contributed by atoms with E-state index in [1.165, 1.54) is 0 Å². The Balaban J connectivity index is 1.28. The highest BCUT2D eigenvalue weighted by Crippen LogP contribution is 2.68. The number of carboxylic acids is 1. The minimum Gasteiger partial charge on any atom is -0.480 e. The molecule has 0 bridgehead atoms. The van der Waals surface area contributed by atoms with E-state index in [0.29, 0.717) is 49.5 Å². The minimum absolute atomic E-state index is 0.0283. The van der Waals surface area contributed by atoms with Crippen molar-refractivity contribution < 1.29 is 30.0 Å². The van der Waals surface area contributed by atoms with Crippen LogP contribution in [0.3, 0.4) is 0 Å². The van der Waals surface area contributed by atoms with Gasteiger partial charge in [0.1, 0.15) is 6.04 Å². The molecule has 204 valence electrons. The van der Waals surface area contributed by atoms with Gasteiger partial charge in [-0.1, -0.05) is 20.8 Å². The fourth-order valence-corrected chi connectivity index (χ4v) is 10.2. The molecular weight excluding hydrogens is 458 g/mol. The van der Waals surface area contributed by atoms with Gasteiger partial charge < -0.3 is 25.3 Å². The Hall–Kier alpha value is -1.18. The van der Waals surface area contributed by atoms with E-state index < -0.39 is 24.2 Å². The van der Waals surface area contributed by atoms with Gasteiger partial charge >= 0.3 is 5.97 Å². The molecule has 4 saturated carbocycles. The summed E-state index contributed by atoms with van der Waals surface area (Å²) >= 11 is 0. The van der Waals surface area contributed by atoms with Gasteiger partial charge in [-0.3, -0.25) is 4.79 Å². The van der Waals surface area contributed by atoms with Crippen LogP contribution in [-0.2, 0) is 9.59 Å². The highest BCUT2D eigenvalue weighted by molar-refractivity contribution is 5.84. The third-order valence-corrected chi connectivity index (χ3v) is 12.2. The first kappa shape index (κ1) is 26.4. The van der Waals surface area contributed by atoms with Crippen LogP contribution in [0.15, 0.2) is 0 Å². The molecule has 4 aliphatic carbocycles. The molecule has 7 heteroatoms. The number of likely N-dealkylation sites (tertiary alicyclic amines) is 1. The zero-order chi connectivity index (χ0) is 26.0. The molecule has 12 atom stereocenters. The molecule has 1 unspecified atom stereocenters. The van der Waals surface area contributed by atoms with Gasteiger partial charge in [0, 0.05) is 13.0 Å². The summed E-state index contributed by atoms with van der Waals surface area (Å²) in [7, 11) is 0. The van der Waals surface area contributed by atoms with Crippen LogP contribution >= 0.6 is 0 Å². The first-order valence-electron chi connectivity index (χ1n) is 14.6. The number of carbonyl (C=O) groups is 2. The summed E-state index contributed by atoms with van der Waals surface area (Å²) in [6, 6.07) is -0.665. The summed E-state index contributed by atoms with van der Waals surface area (Å²) in [6.45, 7) is 7.50. The molecule has 1 amide bonds. The lowest BCUT2D eigenvalue weighted by Gasteiger charge is -2.63. The number of rotatable bonds is 5. The number of nitrogens with zero attached hydrogens (tertiary/aromatic N) is 1. The first-order valence-corrected chi connectivity index (χ1v) is 14.6. The van der Waals surface area contributed by atoms with Crippen molar-refractivity contribution in [2.45, 2.75) is 116 Å². The number of fused-ring (bicyclic) bond motifs is 5. The molecule has 0 radical (unpaired) electrons. The van der Waals surface area contributed by atoms with Crippen molar-refractivity contribution in [2.75, 3.05) is 6.54 Å². The van der Waals surface area contributed by atoms with E-state index in [9.17, 15) is 30.0 Å². The summed E-state index contributed by atoms with van der Waals surface area (Å²) in [5.74, 6) is 0.694. The molecule has 0 spiro atoms. The van der Waals surface area contributed by atoms with E-state index >= 15 is 0 Å². The van der Waals surface area contributed by atoms with E-state index in [0.717, 1.165) is 51.4 Å². The molecule has 1 heterocycles. The number of carboxylic acid groups (broad SMARTS) is 1. The number of carbonyl (C=O) groups excluding carboxylic acids is 1. The van der Waals surface area contributed by atoms with Crippen LogP contribution in [0.5, 0.6) is 0 Å². The highest BCUT2D eigenvalue weighted by atomic mass is 16.4. The van der Waals surface area contributed by atoms with Gasteiger partial charge in [0.05, 0.1) is 18.3 Å². The Morgan fingerprint density at radius 3 is 2.33 bits per heavy atom. The number of aliphatic hydroxyl groups is 3. The maximum Gasteiger partial charge on any atom is 0.326 e. The maximum atomic E-state index is 12.9. The summed E-state index contributed by atoms with van der Waals surface area (Å²) in [5, 5.41) is 42.4. The van der Waals surface area contributed by atoms with Crippen molar-refractivity contribution in [1.29, 1.82) is 0 Å². The largest absolute Gasteiger partial charge is 0.480 e. The summed E-state index contributed by atoms with van der Waals surface area (Å²) < 4.78 is 0. The van der Waals surface area contributed by atoms with E-state index in [1.807, 2.05) is 0 Å². The van der Waals surface area contributed by atoms with Gasteiger partial charge in [0.15, 0.2) is 0 Å². The topological polar surface area (TPSA) is 118 Å². The van der Waals surface area contributed by atoms with Crippen LogP contribution in [-0.4, -0.2) is 68.1 Å². The molecule has 7 nitrogen and oxygen atoms in total. The fraction of sp³-hybridized carbons (Fsp3) is 0.931. The van der Waals surface area contributed by atoms with Gasteiger partial charge in [0.2, 0.25) is 5.91 Å². The lowest BCUT2D eigenvalue weighted by molar-refractivity contribution is -0.223. The lowest BCUT2D eigenvalue weighted by Crippen LogP contribution is -2.64. The van der Waals surface area contributed by atoms with Crippen molar-refractivity contribution in [2.24, 2.45) is 46.3 Å². The molecule has 5 aliphatic rings.